The molecule has 440 valence electrons. The van der Waals surface area contributed by atoms with Crippen LogP contribution in [0.15, 0.2) is 12.2 Å². The highest BCUT2D eigenvalue weighted by Crippen LogP contribution is 2.19. The van der Waals surface area contributed by atoms with Crippen LogP contribution >= 0.6 is 0 Å². The molecule has 74 heavy (non-hydrogen) atoms. The number of rotatable bonds is 64. The second-order valence-electron chi connectivity index (χ2n) is 23.5. The van der Waals surface area contributed by atoms with Gasteiger partial charge in [-0.25, -0.2) is 0 Å². The lowest BCUT2D eigenvalue weighted by molar-refractivity contribution is -0.143. The van der Waals surface area contributed by atoms with Crippen molar-refractivity contribution in [3.63, 3.8) is 0 Å². The van der Waals surface area contributed by atoms with Gasteiger partial charge in [-0.15, -0.1) is 0 Å². The van der Waals surface area contributed by atoms with Gasteiger partial charge < -0.3 is 20.3 Å². The minimum atomic E-state index is -0.663. The number of amides is 1. The van der Waals surface area contributed by atoms with E-state index in [-0.39, 0.29) is 18.5 Å². The first-order valence-corrected chi connectivity index (χ1v) is 33.9. The van der Waals surface area contributed by atoms with Crippen LogP contribution < -0.4 is 5.32 Å². The molecule has 0 spiro atoms. The van der Waals surface area contributed by atoms with Crippen molar-refractivity contribution in [2.75, 3.05) is 13.2 Å². The van der Waals surface area contributed by atoms with Crippen molar-refractivity contribution in [1.82, 2.24) is 5.32 Å². The third kappa shape index (κ3) is 59.8. The van der Waals surface area contributed by atoms with Gasteiger partial charge in [-0.3, -0.25) is 9.59 Å². The van der Waals surface area contributed by atoms with Crippen molar-refractivity contribution in [1.29, 1.82) is 0 Å². The van der Waals surface area contributed by atoms with E-state index in [1.807, 2.05) is 0 Å². The first-order valence-electron chi connectivity index (χ1n) is 33.9. The van der Waals surface area contributed by atoms with Gasteiger partial charge in [0.2, 0.25) is 5.91 Å². The number of hydrogen-bond acceptors (Lipinski definition) is 5. The Morgan fingerprint density at radius 1 is 0.365 bits per heavy atom. The van der Waals surface area contributed by atoms with E-state index in [4.69, 9.17) is 4.74 Å². The number of aliphatic hydroxyl groups is 2. The Morgan fingerprint density at radius 3 is 0.959 bits per heavy atom. The zero-order valence-electron chi connectivity index (χ0n) is 50.4. The van der Waals surface area contributed by atoms with Crippen molar-refractivity contribution < 1.29 is 24.5 Å². The Bertz CT molecular complexity index is 1110. The number of unbranched alkanes of at least 4 members (excludes halogenated alkanes) is 51. The summed E-state index contributed by atoms with van der Waals surface area (Å²) in [5, 5.41) is 23.4. The Morgan fingerprint density at radius 2 is 0.635 bits per heavy atom. The summed E-state index contributed by atoms with van der Waals surface area (Å²) in [6.45, 7) is 4.98. The quantitative estimate of drug-likeness (QED) is 0.0320. The van der Waals surface area contributed by atoms with Crippen LogP contribution in [0.3, 0.4) is 0 Å². The molecule has 6 heteroatoms. The summed E-state index contributed by atoms with van der Waals surface area (Å²) in [7, 11) is 0. The van der Waals surface area contributed by atoms with Crippen LogP contribution in [0.25, 0.3) is 0 Å². The fourth-order valence-corrected chi connectivity index (χ4v) is 10.9. The molecule has 0 saturated carbocycles. The number of nitrogens with one attached hydrogen (secondary N) is 1. The molecule has 0 aromatic rings. The SMILES string of the molecule is CCCCCCC/C=C\CCCCCCCC(=O)OCCCCCCCCCCCCCCCCCCCCCCCCCCCC(=O)NC(CO)C(O)CCCCCCCCCCCCCCCCCCCC. The Hall–Kier alpha value is -1.40. The van der Waals surface area contributed by atoms with Gasteiger partial charge in [0.25, 0.3) is 0 Å². The summed E-state index contributed by atoms with van der Waals surface area (Å²) in [5.41, 5.74) is 0. The summed E-state index contributed by atoms with van der Waals surface area (Å²) in [6, 6.07) is -0.540. The van der Waals surface area contributed by atoms with E-state index >= 15 is 0 Å². The lowest BCUT2D eigenvalue weighted by Gasteiger charge is -2.22. The fourth-order valence-electron chi connectivity index (χ4n) is 10.9. The fraction of sp³-hybridized carbons (Fsp3) is 0.941. The van der Waals surface area contributed by atoms with Crippen molar-refractivity contribution in [3.8, 4) is 0 Å². The van der Waals surface area contributed by atoms with Gasteiger partial charge in [0, 0.05) is 12.8 Å². The van der Waals surface area contributed by atoms with E-state index in [2.05, 4.69) is 31.3 Å². The molecule has 0 aliphatic carbocycles. The molecule has 2 atom stereocenters. The number of ether oxygens (including phenoxy) is 1. The number of aliphatic hydroxyl groups excluding tert-OH is 2. The molecule has 0 saturated heterocycles. The smallest absolute Gasteiger partial charge is 0.305 e. The topological polar surface area (TPSA) is 95.9 Å². The molecule has 6 nitrogen and oxygen atoms in total. The normalized spacial score (nSPS) is 12.5. The van der Waals surface area contributed by atoms with Crippen LogP contribution in [0.2, 0.25) is 0 Å². The number of hydrogen-bond donors (Lipinski definition) is 3. The molecule has 1 amide bonds. The van der Waals surface area contributed by atoms with E-state index < -0.39 is 12.1 Å². The monoisotopic (exact) mass is 1040 g/mol. The number of esters is 1. The van der Waals surface area contributed by atoms with Crippen LogP contribution in [0.4, 0.5) is 0 Å². The first-order chi connectivity index (χ1) is 36.5. The number of carbonyl (C=O) groups excluding carboxylic acids is 2. The predicted octanol–water partition coefficient (Wildman–Crippen LogP) is 21.6. The molecule has 0 radical (unpaired) electrons. The largest absolute Gasteiger partial charge is 0.466 e. The van der Waals surface area contributed by atoms with E-state index in [0.717, 1.165) is 44.9 Å². The minimum absolute atomic E-state index is 0.00879. The molecular formula is C68H133NO5. The molecule has 0 aliphatic heterocycles. The van der Waals surface area contributed by atoms with E-state index in [1.165, 1.54) is 308 Å². The van der Waals surface area contributed by atoms with Crippen LogP contribution in [-0.2, 0) is 14.3 Å². The minimum Gasteiger partial charge on any atom is -0.466 e. The van der Waals surface area contributed by atoms with Crippen molar-refractivity contribution in [3.05, 3.63) is 12.2 Å². The second kappa shape index (κ2) is 64.1. The standard InChI is InChI=1S/C68H133NO5/c1-3-5-7-9-11-13-15-17-19-20-30-33-36-40-44-48-52-56-60-66(71)65(64-70)69-67(72)61-57-53-49-45-41-37-34-31-28-26-24-22-21-23-25-27-29-32-35-39-43-47-51-55-59-63-74-68(73)62-58-54-50-46-42-38-18-16-14-12-10-8-6-4-2/h16,18,65-66,70-71H,3-15,17,19-64H2,1-2H3,(H,69,72)/b18-16-. The third-order valence-electron chi connectivity index (χ3n) is 16.1. The van der Waals surface area contributed by atoms with Gasteiger partial charge in [-0.05, 0) is 51.4 Å². The molecule has 0 aliphatic rings. The molecule has 0 aromatic carbocycles. The molecule has 0 heterocycles. The highest BCUT2D eigenvalue weighted by atomic mass is 16.5. The Balaban J connectivity index is 3.36. The molecule has 0 aromatic heterocycles. The van der Waals surface area contributed by atoms with Gasteiger partial charge in [0.15, 0.2) is 0 Å². The lowest BCUT2D eigenvalue weighted by Crippen LogP contribution is -2.45. The average Bonchev–Trinajstić information content (AvgIpc) is 3.40. The summed E-state index contributed by atoms with van der Waals surface area (Å²) >= 11 is 0. The zero-order chi connectivity index (χ0) is 53.6. The maximum atomic E-state index is 12.5. The van der Waals surface area contributed by atoms with Crippen LogP contribution in [0, 0.1) is 0 Å². The Labute approximate surface area is 463 Å². The average molecular weight is 1040 g/mol. The van der Waals surface area contributed by atoms with Gasteiger partial charge in [0.05, 0.1) is 25.4 Å². The molecular weight excluding hydrogens is 911 g/mol. The van der Waals surface area contributed by atoms with Gasteiger partial charge in [-0.1, -0.05) is 334 Å². The summed E-state index contributed by atoms with van der Waals surface area (Å²) in [4.78, 5) is 24.6. The van der Waals surface area contributed by atoms with E-state index in [1.54, 1.807) is 0 Å². The van der Waals surface area contributed by atoms with Crippen molar-refractivity contribution >= 4 is 11.9 Å². The van der Waals surface area contributed by atoms with Crippen molar-refractivity contribution in [2.24, 2.45) is 0 Å². The van der Waals surface area contributed by atoms with Gasteiger partial charge in [-0.2, -0.15) is 0 Å². The number of carbonyl (C=O) groups is 2. The maximum Gasteiger partial charge on any atom is 0.305 e. The maximum absolute atomic E-state index is 12.5. The lowest BCUT2D eigenvalue weighted by atomic mass is 10.0. The van der Waals surface area contributed by atoms with Crippen molar-refractivity contribution in [2.45, 2.75) is 398 Å². The molecule has 3 N–H and O–H groups in total. The second-order valence-corrected chi connectivity index (χ2v) is 23.5. The zero-order valence-corrected chi connectivity index (χ0v) is 50.4. The Kier molecular flexibility index (Phi) is 62.9. The number of allylic oxidation sites excluding steroid dienone is 2. The third-order valence-corrected chi connectivity index (χ3v) is 16.1. The first kappa shape index (κ1) is 72.6. The van der Waals surface area contributed by atoms with Crippen LogP contribution in [0.5, 0.6) is 0 Å². The molecule has 0 fully saturated rings. The van der Waals surface area contributed by atoms with E-state index in [0.29, 0.717) is 25.9 Å². The highest BCUT2D eigenvalue weighted by Gasteiger charge is 2.20. The van der Waals surface area contributed by atoms with Crippen LogP contribution in [-0.4, -0.2) is 47.4 Å². The molecule has 0 bridgehead atoms. The van der Waals surface area contributed by atoms with E-state index in [9.17, 15) is 19.8 Å². The van der Waals surface area contributed by atoms with Crippen LogP contribution in [0.1, 0.15) is 386 Å². The molecule has 0 rings (SSSR count). The van der Waals surface area contributed by atoms with Gasteiger partial charge in [0.1, 0.15) is 0 Å². The summed E-state index contributed by atoms with van der Waals surface area (Å²) in [5.74, 6) is -0.0205. The summed E-state index contributed by atoms with van der Waals surface area (Å²) in [6.07, 6.45) is 78.1. The highest BCUT2D eigenvalue weighted by molar-refractivity contribution is 5.76. The summed E-state index contributed by atoms with van der Waals surface area (Å²) < 4.78 is 5.48. The van der Waals surface area contributed by atoms with Gasteiger partial charge >= 0.3 is 5.97 Å². The molecule has 2 unspecified atom stereocenters. The predicted molar refractivity (Wildman–Crippen MR) is 324 cm³/mol.